The van der Waals surface area contributed by atoms with Gasteiger partial charge < -0.3 is 10.1 Å². The Morgan fingerprint density at radius 2 is 2.16 bits per heavy atom. The normalized spacial score (nSPS) is 12.9. The van der Waals surface area contributed by atoms with Crippen LogP contribution in [0.25, 0.3) is 0 Å². The average molecular weight is 265 g/mol. The average Bonchev–Trinajstić information content (AvgIpc) is 2.38. The maximum absolute atomic E-state index is 5.27. The van der Waals surface area contributed by atoms with E-state index in [1.807, 2.05) is 13.0 Å². The fourth-order valence-electron chi connectivity index (χ4n) is 2.20. The smallest absolute Gasteiger partial charge is 0.0628 e. The Hall–Kier alpha value is -0.970. The van der Waals surface area contributed by atoms with Crippen LogP contribution in [0.4, 0.5) is 0 Å². The predicted molar refractivity (Wildman–Crippen MR) is 79.3 cm³/mol. The third-order valence-corrected chi connectivity index (χ3v) is 3.12. The van der Waals surface area contributed by atoms with Crippen molar-refractivity contribution < 1.29 is 4.74 Å². The molecule has 0 aliphatic carbocycles. The molecule has 0 aliphatic rings. The molecular formula is C15H27N3O. The summed E-state index contributed by atoms with van der Waals surface area (Å²) in [5.41, 5.74) is 2.21. The molecule has 0 saturated carbocycles. The number of aryl methyl sites for hydroxylation is 1. The van der Waals surface area contributed by atoms with Crippen molar-refractivity contribution in [3.63, 3.8) is 0 Å². The van der Waals surface area contributed by atoms with Gasteiger partial charge in [-0.1, -0.05) is 19.9 Å². The minimum absolute atomic E-state index is 0.375. The molecule has 1 rings (SSSR count). The summed E-state index contributed by atoms with van der Waals surface area (Å²) in [7, 11) is 1.75. The van der Waals surface area contributed by atoms with Gasteiger partial charge in [-0.25, -0.2) is 0 Å². The van der Waals surface area contributed by atoms with Crippen LogP contribution in [0.15, 0.2) is 18.2 Å². The Bertz CT molecular complexity index is 351. The molecule has 1 atom stereocenters. The van der Waals surface area contributed by atoms with Crippen molar-refractivity contribution in [2.75, 3.05) is 33.4 Å². The van der Waals surface area contributed by atoms with E-state index < -0.39 is 0 Å². The molecule has 1 unspecified atom stereocenters. The van der Waals surface area contributed by atoms with Crippen molar-refractivity contribution >= 4 is 0 Å². The molecule has 0 bridgehead atoms. The van der Waals surface area contributed by atoms with Gasteiger partial charge in [-0.3, -0.25) is 9.88 Å². The minimum atomic E-state index is 0.375. The van der Waals surface area contributed by atoms with Crippen LogP contribution in [0.1, 0.15) is 25.2 Å². The molecule has 0 spiro atoms. The van der Waals surface area contributed by atoms with Crippen LogP contribution >= 0.6 is 0 Å². The Kier molecular flexibility index (Phi) is 7.63. The number of pyridine rings is 1. The zero-order chi connectivity index (χ0) is 14.1. The highest BCUT2D eigenvalue weighted by Gasteiger charge is 2.13. The summed E-state index contributed by atoms with van der Waals surface area (Å²) in [5.74, 6) is 0. The lowest BCUT2D eigenvalue weighted by molar-refractivity contribution is 0.137. The molecule has 0 amide bonds. The number of hydrogen-bond acceptors (Lipinski definition) is 4. The molecule has 108 valence electrons. The van der Waals surface area contributed by atoms with Crippen LogP contribution < -0.4 is 5.32 Å². The van der Waals surface area contributed by atoms with Crippen molar-refractivity contribution in [3.8, 4) is 0 Å². The Morgan fingerprint density at radius 1 is 1.37 bits per heavy atom. The zero-order valence-electron chi connectivity index (χ0n) is 12.6. The van der Waals surface area contributed by atoms with E-state index in [-0.39, 0.29) is 0 Å². The van der Waals surface area contributed by atoms with Gasteiger partial charge in [-0.05, 0) is 32.1 Å². The highest BCUT2D eigenvalue weighted by molar-refractivity contribution is 5.09. The molecule has 0 aliphatic heterocycles. The van der Waals surface area contributed by atoms with Crippen molar-refractivity contribution in [2.45, 2.75) is 33.4 Å². The number of nitrogens with one attached hydrogen (secondary N) is 1. The molecule has 0 radical (unpaired) electrons. The third-order valence-electron chi connectivity index (χ3n) is 3.12. The topological polar surface area (TPSA) is 37.4 Å². The SMILES string of the molecule is CCNC(COC)CN(CC)Cc1cccc(C)n1. The van der Waals surface area contributed by atoms with E-state index in [2.05, 4.69) is 41.2 Å². The van der Waals surface area contributed by atoms with E-state index in [0.29, 0.717) is 6.04 Å². The van der Waals surface area contributed by atoms with Gasteiger partial charge in [0.05, 0.1) is 12.3 Å². The first-order chi connectivity index (χ1) is 9.19. The summed E-state index contributed by atoms with van der Waals surface area (Å²) in [5, 5.41) is 3.46. The number of ether oxygens (including phenoxy) is 1. The maximum Gasteiger partial charge on any atom is 0.0628 e. The largest absolute Gasteiger partial charge is 0.383 e. The molecule has 1 aromatic rings. The number of aromatic nitrogens is 1. The fourth-order valence-corrected chi connectivity index (χ4v) is 2.20. The standard InChI is InChI=1S/C15H27N3O/c1-5-16-15(12-19-4)11-18(6-2)10-14-9-7-8-13(3)17-14/h7-9,15-16H,5-6,10-12H2,1-4H3. The lowest BCUT2D eigenvalue weighted by Gasteiger charge is -2.26. The molecule has 0 fully saturated rings. The lowest BCUT2D eigenvalue weighted by atomic mass is 10.2. The molecule has 0 aromatic carbocycles. The third kappa shape index (κ3) is 6.14. The quantitative estimate of drug-likeness (QED) is 0.739. The van der Waals surface area contributed by atoms with Gasteiger partial charge in [0.15, 0.2) is 0 Å². The maximum atomic E-state index is 5.27. The first kappa shape index (κ1) is 16.1. The second kappa shape index (κ2) is 9.02. The lowest BCUT2D eigenvalue weighted by Crippen LogP contribution is -2.43. The van der Waals surface area contributed by atoms with E-state index in [4.69, 9.17) is 4.74 Å². The summed E-state index contributed by atoms with van der Waals surface area (Å²) in [6, 6.07) is 6.57. The fraction of sp³-hybridized carbons (Fsp3) is 0.667. The molecule has 4 nitrogen and oxygen atoms in total. The van der Waals surface area contributed by atoms with Gasteiger partial charge in [0, 0.05) is 31.9 Å². The van der Waals surface area contributed by atoms with Gasteiger partial charge >= 0.3 is 0 Å². The Labute approximate surface area is 117 Å². The second-order valence-electron chi connectivity index (χ2n) is 4.81. The number of likely N-dealkylation sites (N-methyl/N-ethyl adjacent to an activating group) is 2. The molecule has 0 saturated heterocycles. The summed E-state index contributed by atoms with van der Waals surface area (Å²) >= 11 is 0. The first-order valence-electron chi connectivity index (χ1n) is 7.06. The molecule has 1 heterocycles. The molecule has 19 heavy (non-hydrogen) atoms. The van der Waals surface area contributed by atoms with Gasteiger partial charge in [-0.2, -0.15) is 0 Å². The van der Waals surface area contributed by atoms with Crippen molar-refractivity contribution in [2.24, 2.45) is 0 Å². The molecular weight excluding hydrogens is 238 g/mol. The monoisotopic (exact) mass is 265 g/mol. The van der Waals surface area contributed by atoms with Crippen molar-refractivity contribution in [1.82, 2.24) is 15.2 Å². The van der Waals surface area contributed by atoms with E-state index in [1.54, 1.807) is 7.11 Å². The van der Waals surface area contributed by atoms with Gasteiger partial charge in [-0.15, -0.1) is 0 Å². The number of nitrogens with zero attached hydrogens (tertiary/aromatic N) is 2. The van der Waals surface area contributed by atoms with Gasteiger partial charge in [0.1, 0.15) is 0 Å². The van der Waals surface area contributed by atoms with E-state index in [9.17, 15) is 0 Å². The van der Waals surface area contributed by atoms with E-state index in [1.165, 1.54) is 0 Å². The van der Waals surface area contributed by atoms with E-state index >= 15 is 0 Å². The molecule has 4 heteroatoms. The van der Waals surface area contributed by atoms with E-state index in [0.717, 1.165) is 44.2 Å². The molecule has 1 aromatic heterocycles. The van der Waals surface area contributed by atoms with Crippen LogP contribution in [0, 0.1) is 6.92 Å². The van der Waals surface area contributed by atoms with Crippen LogP contribution in [-0.4, -0.2) is 49.3 Å². The van der Waals surface area contributed by atoms with Crippen LogP contribution in [0.5, 0.6) is 0 Å². The van der Waals surface area contributed by atoms with Crippen molar-refractivity contribution in [1.29, 1.82) is 0 Å². The summed E-state index contributed by atoms with van der Waals surface area (Å²) in [4.78, 5) is 6.96. The Morgan fingerprint density at radius 3 is 2.74 bits per heavy atom. The number of rotatable bonds is 9. The molecule has 1 N–H and O–H groups in total. The van der Waals surface area contributed by atoms with Gasteiger partial charge in [0.25, 0.3) is 0 Å². The summed E-state index contributed by atoms with van der Waals surface area (Å²) < 4.78 is 5.27. The highest BCUT2D eigenvalue weighted by atomic mass is 16.5. The summed E-state index contributed by atoms with van der Waals surface area (Å²) in [6.45, 7) is 10.9. The van der Waals surface area contributed by atoms with Crippen LogP contribution in [-0.2, 0) is 11.3 Å². The van der Waals surface area contributed by atoms with Crippen LogP contribution in [0.3, 0.4) is 0 Å². The highest BCUT2D eigenvalue weighted by Crippen LogP contribution is 2.04. The second-order valence-corrected chi connectivity index (χ2v) is 4.81. The number of methoxy groups -OCH3 is 1. The van der Waals surface area contributed by atoms with Crippen molar-refractivity contribution in [3.05, 3.63) is 29.6 Å². The minimum Gasteiger partial charge on any atom is -0.383 e. The Balaban J connectivity index is 2.56. The van der Waals surface area contributed by atoms with Crippen LogP contribution in [0.2, 0.25) is 0 Å². The summed E-state index contributed by atoms with van der Waals surface area (Å²) in [6.07, 6.45) is 0. The predicted octanol–water partition coefficient (Wildman–Crippen LogP) is 1.84. The number of hydrogen-bond donors (Lipinski definition) is 1. The first-order valence-corrected chi connectivity index (χ1v) is 7.06. The zero-order valence-corrected chi connectivity index (χ0v) is 12.6. The van der Waals surface area contributed by atoms with Gasteiger partial charge in [0.2, 0.25) is 0 Å².